The molecule has 6 heteroatoms. The minimum Gasteiger partial charge on any atom is -0.496 e. The van der Waals surface area contributed by atoms with Gasteiger partial charge in [0.2, 0.25) is 0 Å². The number of methoxy groups -OCH3 is 1. The van der Waals surface area contributed by atoms with Gasteiger partial charge in [-0.15, -0.1) is 30.6 Å². The highest BCUT2D eigenvalue weighted by Gasteiger charge is 1.97. The zero-order valence-electron chi connectivity index (χ0n) is 11.0. The quantitative estimate of drug-likeness (QED) is 0.276. The van der Waals surface area contributed by atoms with Gasteiger partial charge in [0.15, 0.2) is 5.17 Å². The van der Waals surface area contributed by atoms with Crippen molar-refractivity contribution < 1.29 is 4.74 Å². The van der Waals surface area contributed by atoms with E-state index in [1.54, 1.807) is 19.4 Å². The zero-order valence-corrected chi connectivity index (χ0v) is 14.1. The van der Waals surface area contributed by atoms with Crippen LogP contribution in [-0.2, 0) is 0 Å². The molecule has 0 bridgehead atoms. The van der Waals surface area contributed by atoms with Crippen LogP contribution in [0.4, 0.5) is 0 Å². The number of nitrogens with one attached hydrogen (secondary N) is 1. The summed E-state index contributed by atoms with van der Waals surface area (Å²) in [6.07, 6.45) is 5.38. The Morgan fingerprint density at radius 3 is 2.84 bits per heavy atom. The maximum absolute atomic E-state index is 5.23. The van der Waals surface area contributed by atoms with Gasteiger partial charge in [0.25, 0.3) is 0 Å². The number of thioether (sulfide) groups is 1. The van der Waals surface area contributed by atoms with E-state index in [2.05, 4.69) is 22.1 Å². The largest absolute Gasteiger partial charge is 0.496 e. The predicted molar refractivity (Wildman–Crippen MR) is 95.2 cm³/mol. The molecule has 0 heterocycles. The molecule has 0 aromatic heterocycles. The van der Waals surface area contributed by atoms with E-state index in [0.29, 0.717) is 6.54 Å². The van der Waals surface area contributed by atoms with Crippen molar-refractivity contribution in [3.05, 3.63) is 42.5 Å². The molecule has 0 saturated carbocycles. The summed E-state index contributed by atoms with van der Waals surface area (Å²) in [7, 11) is 1.64. The smallest absolute Gasteiger partial charge is 0.177 e. The van der Waals surface area contributed by atoms with Crippen molar-refractivity contribution in [3.63, 3.8) is 0 Å². The molecule has 0 radical (unpaired) electrons. The van der Waals surface area contributed by atoms with Gasteiger partial charge in [-0.05, 0) is 18.4 Å². The molecule has 19 heavy (non-hydrogen) atoms. The topological polar surface area (TPSA) is 46.0 Å². The van der Waals surface area contributed by atoms with Crippen LogP contribution in [-0.4, -0.2) is 31.3 Å². The fourth-order valence-corrected chi connectivity index (χ4v) is 1.57. The monoisotopic (exact) mass is 391 g/mol. The molecule has 1 aromatic carbocycles. The highest BCUT2D eigenvalue weighted by molar-refractivity contribution is 14.0. The third kappa shape index (κ3) is 6.63. The summed E-state index contributed by atoms with van der Waals surface area (Å²) in [6.45, 7) is 4.20. The van der Waals surface area contributed by atoms with E-state index in [9.17, 15) is 0 Å². The molecule has 0 saturated heterocycles. The van der Waals surface area contributed by atoms with E-state index in [-0.39, 0.29) is 24.0 Å². The first-order valence-corrected chi connectivity index (χ1v) is 6.65. The first kappa shape index (κ1) is 18.0. The van der Waals surface area contributed by atoms with Crippen molar-refractivity contribution in [2.24, 2.45) is 10.1 Å². The lowest BCUT2D eigenvalue weighted by atomic mass is 10.2. The Kier molecular flexibility index (Phi) is 10.3. The van der Waals surface area contributed by atoms with Crippen LogP contribution in [0.3, 0.4) is 0 Å². The fraction of sp³-hybridized carbons (Fsp3) is 0.231. The number of para-hydroxylation sites is 1. The Labute approximate surface area is 135 Å². The molecule has 0 unspecified atom stereocenters. The number of amidine groups is 1. The first-order valence-electron chi connectivity index (χ1n) is 5.43. The van der Waals surface area contributed by atoms with Gasteiger partial charge in [-0.25, -0.2) is 0 Å². The number of aliphatic imine (C=N–C) groups is 1. The minimum absolute atomic E-state index is 0. The lowest BCUT2D eigenvalue weighted by Gasteiger charge is -2.04. The summed E-state index contributed by atoms with van der Waals surface area (Å²) < 4.78 is 5.23. The molecule has 0 aliphatic carbocycles. The fourth-order valence-electron chi connectivity index (χ4n) is 1.22. The molecular formula is C13H18IN3OS. The predicted octanol–water partition coefficient (Wildman–Crippen LogP) is 3.14. The summed E-state index contributed by atoms with van der Waals surface area (Å²) in [5.41, 5.74) is 3.80. The van der Waals surface area contributed by atoms with Gasteiger partial charge in [0.1, 0.15) is 5.75 Å². The van der Waals surface area contributed by atoms with Crippen molar-refractivity contribution in [2.75, 3.05) is 19.9 Å². The second kappa shape index (κ2) is 10.9. The molecule has 1 rings (SSSR count). The molecule has 4 nitrogen and oxygen atoms in total. The van der Waals surface area contributed by atoms with E-state index < -0.39 is 0 Å². The lowest BCUT2D eigenvalue weighted by molar-refractivity contribution is 0.414. The summed E-state index contributed by atoms with van der Waals surface area (Å²) in [6, 6.07) is 7.68. The van der Waals surface area contributed by atoms with E-state index in [4.69, 9.17) is 4.74 Å². The third-order valence-electron chi connectivity index (χ3n) is 2.06. The minimum atomic E-state index is 0. The molecule has 0 spiro atoms. The SMILES string of the molecule is C=CCN=C(NN=Cc1ccccc1OC)SC.I. The maximum Gasteiger partial charge on any atom is 0.177 e. The highest BCUT2D eigenvalue weighted by atomic mass is 127. The Morgan fingerprint density at radius 1 is 1.47 bits per heavy atom. The second-order valence-corrected chi connectivity index (χ2v) is 4.05. The summed E-state index contributed by atoms with van der Waals surface area (Å²) in [5.74, 6) is 0.789. The Hall–Kier alpha value is -1.02. The number of hydrogen-bond acceptors (Lipinski definition) is 4. The number of ether oxygens (including phenoxy) is 1. The van der Waals surface area contributed by atoms with Gasteiger partial charge < -0.3 is 4.74 Å². The van der Waals surface area contributed by atoms with Crippen molar-refractivity contribution >= 4 is 47.1 Å². The molecule has 0 amide bonds. The molecule has 1 N–H and O–H groups in total. The van der Waals surface area contributed by atoms with E-state index in [1.165, 1.54) is 11.8 Å². The van der Waals surface area contributed by atoms with Gasteiger partial charge in [-0.2, -0.15) is 5.10 Å². The van der Waals surface area contributed by atoms with Crippen LogP contribution in [0.25, 0.3) is 0 Å². The summed E-state index contributed by atoms with van der Waals surface area (Å²) >= 11 is 1.50. The molecule has 0 fully saturated rings. The molecule has 0 aliphatic heterocycles. The lowest BCUT2D eigenvalue weighted by Crippen LogP contribution is -2.14. The molecule has 0 atom stereocenters. The van der Waals surface area contributed by atoms with E-state index >= 15 is 0 Å². The van der Waals surface area contributed by atoms with Crippen LogP contribution >= 0.6 is 35.7 Å². The van der Waals surface area contributed by atoms with Crippen LogP contribution in [0, 0.1) is 0 Å². The van der Waals surface area contributed by atoms with Gasteiger partial charge in [-0.1, -0.05) is 30.0 Å². The second-order valence-electron chi connectivity index (χ2n) is 3.25. The Morgan fingerprint density at radius 2 is 2.21 bits per heavy atom. The number of hydrazone groups is 1. The standard InChI is InChI=1S/C13H17N3OS.HI/c1-4-9-14-13(18-3)16-15-10-11-7-5-6-8-12(11)17-2;/h4-8,10H,1,9H2,2-3H3,(H,14,16);1H. The summed E-state index contributed by atoms with van der Waals surface area (Å²) in [5, 5.41) is 4.88. The highest BCUT2D eigenvalue weighted by Crippen LogP contribution is 2.14. The number of nitrogens with zero attached hydrogens (tertiary/aromatic N) is 2. The average Bonchev–Trinajstić information content (AvgIpc) is 2.43. The summed E-state index contributed by atoms with van der Waals surface area (Å²) in [4.78, 5) is 4.24. The van der Waals surface area contributed by atoms with Crippen LogP contribution in [0.2, 0.25) is 0 Å². The van der Waals surface area contributed by atoms with Crippen molar-refractivity contribution in [1.29, 1.82) is 0 Å². The van der Waals surface area contributed by atoms with Gasteiger partial charge in [0.05, 0.1) is 19.9 Å². The normalized spacial score (nSPS) is 10.9. The molecule has 104 valence electrons. The zero-order chi connectivity index (χ0) is 13.2. The maximum atomic E-state index is 5.23. The van der Waals surface area contributed by atoms with Gasteiger partial charge in [-0.3, -0.25) is 10.4 Å². The van der Waals surface area contributed by atoms with Crippen LogP contribution in [0.1, 0.15) is 5.56 Å². The van der Waals surface area contributed by atoms with Crippen molar-refractivity contribution in [2.45, 2.75) is 0 Å². The van der Waals surface area contributed by atoms with Gasteiger partial charge in [0, 0.05) is 5.56 Å². The Balaban J connectivity index is 0.00000324. The van der Waals surface area contributed by atoms with E-state index in [1.807, 2.05) is 30.5 Å². The van der Waals surface area contributed by atoms with Crippen molar-refractivity contribution in [3.8, 4) is 5.75 Å². The molecular weight excluding hydrogens is 373 g/mol. The van der Waals surface area contributed by atoms with Crippen LogP contribution in [0.15, 0.2) is 47.0 Å². The number of hydrogen-bond donors (Lipinski definition) is 1. The Bertz CT molecular complexity index is 449. The number of rotatable bonds is 5. The number of benzene rings is 1. The van der Waals surface area contributed by atoms with E-state index in [0.717, 1.165) is 16.5 Å². The van der Waals surface area contributed by atoms with Crippen LogP contribution < -0.4 is 10.2 Å². The first-order chi connectivity index (χ1) is 8.81. The van der Waals surface area contributed by atoms with Crippen molar-refractivity contribution in [1.82, 2.24) is 5.43 Å². The average molecular weight is 391 g/mol. The van der Waals surface area contributed by atoms with Crippen LogP contribution in [0.5, 0.6) is 5.75 Å². The van der Waals surface area contributed by atoms with Gasteiger partial charge >= 0.3 is 0 Å². The molecule has 0 aliphatic rings. The molecule has 1 aromatic rings. The number of halogens is 1. The third-order valence-corrected chi connectivity index (χ3v) is 2.67.